The molecule has 3 rings (SSSR count). The summed E-state index contributed by atoms with van der Waals surface area (Å²) < 4.78 is 12.7. The van der Waals surface area contributed by atoms with Crippen molar-refractivity contribution in [2.24, 2.45) is 5.11 Å². The van der Waals surface area contributed by atoms with Crippen molar-refractivity contribution in [2.75, 3.05) is 13.2 Å². The molecule has 1 aliphatic rings. The monoisotopic (exact) mass is 480 g/mol. The normalized spacial score (nSPS) is 18.9. The first-order valence-corrected chi connectivity index (χ1v) is 13.7. The highest BCUT2D eigenvalue weighted by Crippen LogP contribution is 2.37. The molecule has 2 aromatic rings. The molecule has 0 saturated carbocycles. The van der Waals surface area contributed by atoms with E-state index in [1.54, 1.807) is 4.90 Å². The van der Waals surface area contributed by atoms with E-state index in [4.69, 9.17) is 14.7 Å². The van der Waals surface area contributed by atoms with E-state index in [2.05, 4.69) is 79.3 Å². The lowest BCUT2D eigenvalue weighted by Crippen LogP contribution is -2.67. The number of rotatable bonds is 6. The van der Waals surface area contributed by atoms with Crippen molar-refractivity contribution in [1.82, 2.24) is 4.90 Å². The van der Waals surface area contributed by atoms with Crippen LogP contribution in [0.25, 0.3) is 10.4 Å². The van der Waals surface area contributed by atoms with Crippen LogP contribution in [0.15, 0.2) is 65.8 Å². The van der Waals surface area contributed by atoms with Crippen molar-refractivity contribution in [3.05, 3.63) is 71.1 Å². The average molecular weight is 481 g/mol. The number of ether oxygens (including phenoxy) is 1. The van der Waals surface area contributed by atoms with Gasteiger partial charge in [0.15, 0.2) is 0 Å². The van der Waals surface area contributed by atoms with Gasteiger partial charge in [-0.15, -0.1) is 0 Å². The summed E-state index contributed by atoms with van der Waals surface area (Å²) in [5.41, 5.74) is 8.37. The SMILES string of the molecule is CC(C)(C)OC(=O)N1C[C@H](N=[N+]=[N-])C[C@H]1CO[Si](c1ccccc1)(c1ccccc1)C(C)(C)C. The first kappa shape index (κ1) is 25.8. The van der Waals surface area contributed by atoms with Crippen LogP contribution in [-0.2, 0) is 9.16 Å². The molecule has 2 aromatic carbocycles. The Balaban J connectivity index is 1.99. The minimum atomic E-state index is -2.75. The van der Waals surface area contributed by atoms with Crippen LogP contribution in [0.5, 0.6) is 0 Å². The predicted molar refractivity (Wildman–Crippen MR) is 138 cm³/mol. The van der Waals surface area contributed by atoms with Crippen molar-refractivity contribution in [3.8, 4) is 0 Å². The molecule has 0 spiro atoms. The van der Waals surface area contributed by atoms with Gasteiger partial charge in [0.1, 0.15) is 5.60 Å². The smallest absolute Gasteiger partial charge is 0.410 e. The fraction of sp³-hybridized carbons (Fsp3) is 0.500. The molecule has 8 heteroatoms. The third-order valence-corrected chi connectivity index (χ3v) is 11.1. The lowest BCUT2D eigenvalue weighted by Gasteiger charge is -2.44. The summed E-state index contributed by atoms with van der Waals surface area (Å²) in [6, 6.07) is 20.3. The van der Waals surface area contributed by atoms with Gasteiger partial charge in [-0.05, 0) is 48.1 Å². The number of hydrogen-bond acceptors (Lipinski definition) is 4. The van der Waals surface area contributed by atoms with Gasteiger partial charge in [0.25, 0.3) is 8.32 Å². The average Bonchev–Trinajstić information content (AvgIpc) is 3.17. The van der Waals surface area contributed by atoms with E-state index in [0.717, 1.165) is 0 Å². The number of carbonyl (C=O) groups is 1. The minimum absolute atomic E-state index is 0.171. The molecule has 0 unspecified atom stereocenters. The van der Waals surface area contributed by atoms with Crippen LogP contribution in [0.1, 0.15) is 48.0 Å². The van der Waals surface area contributed by atoms with Crippen LogP contribution in [0.2, 0.25) is 5.04 Å². The molecule has 0 N–H and O–H groups in total. The summed E-state index contributed by atoms with van der Waals surface area (Å²) in [4.78, 5) is 17.7. The molecule has 2 atom stereocenters. The van der Waals surface area contributed by atoms with Crippen LogP contribution >= 0.6 is 0 Å². The van der Waals surface area contributed by atoms with Crippen LogP contribution in [0, 0.1) is 0 Å². The van der Waals surface area contributed by atoms with Gasteiger partial charge in [0.2, 0.25) is 0 Å². The van der Waals surface area contributed by atoms with Crippen LogP contribution < -0.4 is 10.4 Å². The van der Waals surface area contributed by atoms with Gasteiger partial charge in [-0.2, -0.15) is 0 Å². The molecule has 7 nitrogen and oxygen atoms in total. The second-order valence-electron chi connectivity index (χ2n) is 10.9. The van der Waals surface area contributed by atoms with Crippen LogP contribution in [-0.4, -0.2) is 50.1 Å². The highest BCUT2D eigenvalue weighted by molar-refractivity contribution is 6.99. The van der Waals surface area contributed by atoms with Gasteiger partial charge in [-0.1, -0.05) is 86.5 Å². The molecule has 0 radical (unpaired) electrons. The number of carbonyl (C=O) groups excluding carboxylic acids is 1. The molecule has 182 valence electrons. The van der Waals surface area contributed by atoms with Gasteiger partial charge in [0.05, 0.1) is 18.7 Å². The summed E-state index contributed by atoms with van der Waals surface area (Å²) in [6.07, 6.45) is 0.140. The predicted octanol–water partition coefficient (Wildman–Crippen LogP) is 5.25. The number of hydrogen-bond donors (Lipinski definition) is 0. The Kier molecular flexibility index (Phi) is 7.76. The van der Waals surface area contributed by atoms with Gasteiger partial charge in [-0.25, -0.2) is 4.79 Å². The third-order valence-electron chi connectivity index (χ3n) is 6.14. The van der Waals surface area contributed by atoms with Crippen molar-refractivity contribution < 1.29 is 14.0 Å². The van der Waals surface area contributed by atoms with Crippen molar-refractivity contribution in [1.29, 1.82) is 0 Å². The van der Waals surface area contributed by atoms with Crippen LogP contribution in [0.4, 0.5) is 4.79 Å². The van der Waals surface area contributed by atoms with Crippen LogP contribution in [0.3, 0.4) is 0 Å². The Morgan fingerprint density at radius 1 is 1.03 bits per heavy atom. The van der Waals surface area contributed by atoms with E-state index in [9.17, 15) is 4.79 Å². The molecular formula is C26H36N4O3Si. The summed E-state index contributed by atoms with van der Waals surface area (Å²) in [5.74, 6) is 0. The second-order valence-corrected chi connectivity index (χ2v) is 15.2. The molecule has 0 aromatic heterocycles. The first-order valence-electron chi connectivity index (χ1n) is 11.8. The zero-order valence-corrected chi connectivity index (χ0v) is 22.1. The van der Waals surface area contributed by atoms with E-state index in [-0.39, 0.29) is 17.1 Å². The summed E-state index contributed by atoms with van der Waals surface area (Å²) in [5, 5.41) is 6.09. The zero-order valence-electron chi connectivity index (χ0n) is 21.1. The quantitative estimate of drug-likeness (QED) is 0.245. The maximum Gasteiger partial charge on any atom is 0.410 e. The molecule has 1 heterocycles. The number of benzene rings is 2. The highest BCUT2D eigenvalue weighted by atomic mass is 28.4. The standard InChI is InChI=1S/C26H36N4O3Si/c1-25(2,3)33-24(31)30-18-20(28-29-27)17-21(30)19-32-34(26(4,5)6,22-13-9-7-10-14-22)23-15-11-8-12-16-23/h7-16,20-21H,17-19H2,1-6H3/t20-,21+/m1/s1. The lowest BCUT2D eigenvalue weighted by atomic mass is 10.2. The molecule has 0 bridgehead atoms. The van der Waals surface area contributed by atoms with Gasteiger partial charge < -0.3 is 14.1 Å². The van der Waals surface area contributed by atoms with Gasteiger partial charge in [0, 0.05) is 11.5 Å². The Bertz CT molecular complexity index is 972. The van der Waals surface area contributed by atoms with Gasteiger partial charge >= 0.3 is 6.09 Å². The Hall–Kier alpha value is -2.80. The molecule has 34 heavy (non-hydrogen) atoms. The topological polar surface area (TPSA) is 87.5 Å². The van der Waals surface area contributed by atoms with Crippen molar-refractivity contribution in [3.63, 3.8) is 0 Å². The highest BCUT2D eigenvalue weighted by Gasteiger charge is 2.51. The maximum atomic E-state index is 13.0. The Labute approximate surface area is 203 Å². The number of azide groups is 1. The van der Waals surface area contributed by atoms with Crippen molar-refractivity contribution >= 4 is 24.8 Å². The summed E-state index contributed by atoms with van der Waals surface area (Å²) >= 11 is 0. The van der Waals surface area contributed by atoms with E-state index < -0.39 is 20.0 Å². The fourth-order valence-electron chi connectivity index (χ4n) is 4.73. The number of amides is 1. The third kappa shape index (κ3) is 5.63. The van der Waals surface area contributed by atoms with E-state index in [1.807, 2.05) is 32.9 Å². The zero-order chi connectivity index (χ0) is 25.0. The molecule has 1 aliphatic heterocycles. The number of likely N-dealkylation sites (tertiary alicyclic amines) is 1. The fourth-order valence-corrected chi connectivity index (χ4v) is 9.33. The first-order chi connectivity index (χ1) is 16.0. The molecule has 1 saturated heterocycles. The summed E-state index contributed by atoms with van der Waals surface area (Å²) in [6.45, 7) is 12.9. The van der Waals surface area contributed by atoms with Gasteiger partial charge in [-0.3, -0.25) is 0 Å². The molecule has 1 fully saturated rings. The largest absolute Gasteiger partial charge is 0.444 e. The maximum absolute atomic E-state index is 13.0. The molecular weight excluding hydrogens is 444 g/mol. The Morgan fingerprint density at radius 3 is 2.00 bits per heavy atom. The molecule has 0 aliphatic carbocycles. The molecule has 1 amide bonds. The lowest BCUT2D eigenvalue weighted by molar-refractivity contribution is 0.0182. The summed E-state index contributed by atoms with van der Waals surface area (Å²) in [7, 11) is -2.75. The van der Waals surface area contributed by atoms with E-state index in [1.165, 1.54) is 10.4 Å². The second kappa shape index (κ2) is 10.2. The number of nitrogens with zero attached hydrogens (tertiary/aromatic N) is 4. The van der Waals surface area contributed by atoms with E-state index in [0.29, 0.717) is 19.6 Å². The Morgan fingerprint density at radius 2 is 1.56 bits per heavy atom. The minimum Gasteiger partial charge on any atom is -0.444 e. The van der Waals surface area contributed by atoms with Crippen molar-refractivity contribution in [2.45, 2.75) is 70.7 Å². The van der Waals surface area contributed by atoms with E-state index >= 15 is 0 Å².